The normalized spacial score (nSPS) is 10.4. The van der Waals surface area contributed by atoms with E-state index in [0.717, 1.165) is 12.0 Å². The van der Waals surface area contributed by atoms with Gasteiger partial charge in [0.1, 0.15) is 0 Å². The Balaban J connectivity index is 1.77. The van der Waals surface area contributed by atoms with Gasteiger partial charge >= 0.3 is 0 Å². The third kappa shape index (κ3) is 3.98. The van der Waals surface area contributed by atoms with E-state index in [1.165, 1.54) is 17.0 Å². The SMILES string of the molecule is Cc1cc(CCNC(=O)Cc2ccccc2)c(C)[nH]1. The summed E-state index contributed by atoms with van der Waals surface area (Å²) in [6.07, 6.45) is 1.32. The lowest BCUT2D eigenvalue weighted by Crippen LogP contribution is -2.27. The van der Waals surface area contributed by atoms with Crippen molar-refractivity contribution in [2.45, 2.75) is 26.7 Å². The molecule has 3 heteroatoms. The van der Waals surface area contributed by atoms with Crippen LogP contribution in [0.5, 0.6) is 0 Å². The molecule has 0 saturated carbocycles. The highest BCUT2D eigenvalue weighted by atomic mass is 16.1. The van der Waals surface area contributed by atoms with E-state index in [4.69, 9.17) is 0 Å². The zero-order valence-corrected chi connectivity index (χ0v) is 11.5. The molecule has 0 aliphatic carbocycles. The molecule has 0 spiro atoms. The molecule has 0 radical (unpaired) electrons. The van der Waals surface area contributed by atoms with E-state index in [1.807, 2.05) is 37.3 Å². The van der Waals surface area contributed by atoms with Crippen LogP contribution in [0.25, 0.3) is 0 Å². The molecule has 19 heavy (non-hydrogen) atoms. The average molecular weight is 256 g/mol. The zero-order valence-electron chi connectivity index (χ0n) is 11.5. The van der Waals surface area contributed by atoms with Gasteiger partial charge in [0.25, 0.3) is 0 Å². The Labute approximate surface area is 114 Å². The molecule has 1 aromatic heterocycles. The monoisotopic (exact) mass is 256 g/mol. The van der Waals surface area contributed by atoms with Crippen LogP contribution in [0, 0.1) is 13.8 Å². The summed E-state index contributed by atoms with van der Waals surface area (Å²) in [6, 6.07) is 11.9. The summed E-state index contributed by atoms with van der Waals surface area (Å²) in [5.41, 5.74) is 4.68. The number of amides is 1. The fourth-order valence-electron chi connectivity index (χ4n) is 2.22. The van der Waals surface area contributed by atoms with Gasteiger partial charge in [-0.05, 0) is 37.5 Å². The van der Waals surface area contributed by atoms with E-state index < -0.39 is 0 Å². The quantitative estimate of drug-likeness (QED) is 0.848. The maximum absolute atomic E-state index is 11.8. The first-order chi connectivity index (χ1) is 9.15. The summed E-state index contributed by atoms with van der Waals surface area (Å²) >= 11 is 0. The van der Waals surface area contributed by atoms with Crippen LogP contribution in [0.3, 0.4) is 0 Å². The standard InChI is InChI=1S/C16H20N2O/c1-12-10-15(13(2)18-12)8-9-17-16(19)11-14-6-4-3-5-7-14/h3-7,10,18H,8-9,11H2,1-2H3,(H,17,19). The van der Waals surface area contributed by atoms with Crippen molar-refractivity contribution in [2.24, 2.45) is 0 Å². The molecule has 0 saturated heterocycles. The molecule has 2 N–H and O–H groups in total. The molecule has 3 nitrogen and oxygen atoms in total. The van der Waals surface area contributed by atoms with Gasteiger partial charge in [-0.2, -0.15) is 0 Å². The number of aromatic nitrogens is 1. The van der Waals surface area contributed by atoms with Crippen LogP contribution >= 0.6 is 0 Å². The molecule has 0 bridgehead atoms. The van der Waals surface area contributed by atoms with Gasteiger partial charge in [-0.25, -0.2) is 0 Å². The van der Waals surface area contributed by atoms with Crippen molar-refractivity contribution in [3.63, 3.8) is 0 Å². The molecule has 0 fully saturated rings. The molecule has 1 aromatic carbocycles. The summed E-state index contributed by atoms with van der Waals surface area (Å²) in [6.45, 7) is 4.79. The Morgan fingerprint density at radius 2 is 1.95 bits per heavy atom. The van der Waals surface area contributed by atoms with E-state index in [1.54, 1.807) is 0 Å². The predicted molar refractivity (Wildman–Crippen MR) is 77.1 cm³/mol. The van der Waals surface area contributed by atoms with Crippen LogP contribution in [0.1, 0.15) is 22.5 Å². The van der Waals surface area contributed by atoms with Crippen LogP contribution in [0.2, 0.25) is 0 Å². The number of hydrogen-bond acceptors (Lipinski definition) is 1. The van der Waals surface area contributed by atoms with Gasteiger partial charge in [0, 0.05) is 17.9 Å². The molecule has 0 aliphatic rings. The van der Waals surface area contributed by atoms with Crippen LogP contribution in [-0.4, -0.2) is 17.4 Å². The lowest BCUT2D eigenvalue weighted by Gasteiger charge is -2.05. The van der Waals surface area contributed by atoms with Gasteiger partial charge in [-0.1, -0.05) is 30.3 Å². The number of rotatable bonds is 5. The number of H-pyrrole nitrogens is 1. The van der Waals surface area contributed by atoms with Crippen LogP contribution in [0.4, 0.5) is 0 Å². The lowest BCUT2D eigenvalue weighted by molar-refractivity contribution is -0.120. The first-order valence-electron chi connectivity index (χ1n) is 6.61. The maximum atomic E-state index is 11.8. The van der Waals surface area contributed by atoms with Crippen LogP contribution in [-0.2, 0) is 17.6 Å². The molecular weight excluding hydrogens is 236 g/mol. The minimum atomic E-state index is 0.0797. The second-order valence-corrected chi connectivity index (χ2v) is 4.86. The van der Waals surface area contributed by atoms with E-state index in [2.05, 4.69) is 23.3 Å². The smallest absolute Gasteiger partial charge is 0.224 e. The number of carbonyl (C=O) groups excluding carboxylic acids is 1. The van der Waals surface area contributed by atoms with Gasteiger partial charge in [0.2, 0.25) is 5.91 Å². The minimum Gasteiger partial charge on any atom is -0.362 e. The van der Waals surface area contributed by atoms with Crippen LogP contribution in [0.15, 0.2) is 36.4 Å². The number of benzene rings is 1. The van der Waals surface area contributed by atoms with E-state index in [-0.39, 0.29) is 5.91 Å². The fourth-order valence-corrected chi connectivity index (χ4v) is 2.22. The fraction of sp³-hybridized carbons (Fsp3) is 0.312. The van der Waals surface area contributed by atoms with Gasteiger partial charge in [0.15, 0.2) is 0 Å². The third-order valence-corrected chi connectivity index (χ3v) is 3.18. The average Bonchev–Trinajstić information content (AvgIpc) is 2.69. The Morgan fingerprint density at radius 1 is 1.21 bits per heavy atom. The van der Waals surface area contributed by atoms with Gasteiger partial charge in [0.05, 0.1) is 6.42 Å². The molecular formula is C16H20N2O. The highest BCUT2D eigenvalue weighted by Gasteiger charge is 2.04. The summed E-state index contributed by atoms with van der Waals surface area (Å²) < 4.78 is 0. The number of nitrogens with one attached hydrogen (secondary N) is 2. The molecule has 100 valence electrons. The molecule has 1 heterocycles. The van der Waals surface area contributed by atoms with Gasteiger partial charge in [-0.3, -0.25) is 4.79 Å². The Hall–Kier alpha value is -2.03. The van der Waals surface area contributed by atoms with Crippen molar-refractivity contribution in [1.29, 1.82) is 0 Å². The van der Waals surface area contributed by atoms with Gasteiger partial charge in [-0.15, -0.1) is 0 Å². The minimum absolute atomic E-state index is 0.0797. The summed E-state index contributed by atoms with van der Waals surface area (Å²) in [5, 5.41) is 2.96. The number of aryl methyl sites for hydroxylation is 2. The van der Waals surface area contributed by atoms with E-state index in [0.29, 0.717) is 13.0 Å². The third-order valence-electron chi connectivity index (χ3n) is 3.18. The van der Waals surface area contributed by atoms with Crippen molar-refractivity contribution in [3.8, 4) is 0 Å². The number of carbonyl (C=O) groups is 1. The number of aromatic amines is 1. The number of hydrogen-bond donors (Lipinski definition) is 2. The molecule has 0 atom stereocenters. The Kier molecular flexibility index (Phi) is 4.39. The second kappa shape index (κ2) is 6.23. The zero-order chi connectivity index (χ0) is 13.7. The van der Waals surface area contributed by atoms with Crippen molar-refractivity contribution in [1.82, 2.24) is 10.3 Å². The summed E-state index contributed by atoms with van der Waals surface area (Å²) in [4.78, 5) is 15.0. The molecule has 0 aliphatic heterocycles. The first kappa shape index (κ1) is 13.4. The summed E-state index contributed by atoms with van der Waals surface area (Å²) in [5.74, 6) is 0.0797. The maximum Gasteiger partial charge on any atom is 0.224 e. The Bertz CT molecular complexity index is 543. The topological polar surface area (TPSA) is 44.9 Å². The largest absolute Gasteiger partial charge is 0.362 e. The van der Waals surface area contributed by atoms with Crippen molar-refractivity contribution in [2.75, 3.05) is 6.54 Å². The first-order valence-corrected chi connectivity index (χ1v) is 6.61. The van der Waals surface area contributed by atoms with E-state index in [9.17, 15) is 4.79 Å². The lowest BCUT2D eigenvalue weighted by atomic mass is 10.1. The molecule has 1 amide bonds. The van der Waals surface area contributed by atoms with Gasteiger partial charge < -0.3 is 10.3 Å². The second-order valence-electron chi connectivity index (χ2n) is 4.86. The highest BCUT2D eigenvalue weighted by molar-refractivity contribution is 5.78. The van der Waals surface area contributed by atoms with Crippen molar-refractivity contribution < 1.29 is 4.79 Å². The van der Waals surface area contributed by atoms with Crippen molar-refractivity contribution >= 4 is 5.91 Å². The predicted octanol–water partition coefficient (Wildman–Crippen LogP) is 2.53. The molecule has 2 rings (SSSR count). The van der Waals surface area contributed by atoms with Crippen molar-refractivity contribution in [3.05, 3.63) is 58.9 Å². The van der Waals surface area contributed by atoms with Crippen LogP contribution < -0.4 is 5.32 Å². The highest BCUT2D eigenvalue weighted by Crippen LogP contribution is 2.09. The molecule has 2 aromatic rings. The Morgan fingerprint density at radius 3 is 2.58 bits per heavy atom. The summed E-state index contributed by atoms with van der Waals surface area (Å²) in [7, 11) is 0. The van der Waals surface area contributed by atoms with E-state index >= 15 is 0 Å². The molecule has 0 unspecified atom stereocenters.